The van der Waals surface area contributed by atoms with Crippen molar-refractivity contribution in [1.29, 1.82) is 0 Å². The van der Waals surface area contributed by atoms with Crippen LogP contribution in [0.25, 0.3) is 0 Å². The average Bonchev–Trinajstić information content (AvgIpc) is 2.79. The summed E-state index contributed by atoms with van der Waals surface area (Å²) < 4.78 is 5.43. The Balaban J connectivity index is 1.71. The smallest absolute Gasteiger partial charge is 0.183 e. The molecule has 0 saturated carbocycles. The Morgan fingerprint density at radius 2 is 1.83 bits per heavy atom. The molecular weight excluding hydrogens is 360 g/mol. The van der Waals surface area contributed by atoms with E-state index >= 15 is 0 Å². The van der Waals surface area contributed by atoms with Gasteiger partial charge < -0.3 is 15.0 Å². The van der Waals surface area contributed by atoms with Crippen LogP contribution >= 0.6 is 0 Å². The molecule has 2 aromatic rings. The summed E-state index contributed by atoms with van der Waals surface area (Å²) >= 11 is 0. The van der Waals surface area contributed by atoms with E-state index in [0.29, 0.717) is 6.42 Å². The lowest BCUT2D eigenvalue weighted by molar-refractivity contribution is 0.0845. The summed E-state index contributed by atoms with van der Waals surface area (Å²) in [5.41, 5.74) is 2.55. The van der Waals surface area contributed by atoms with Gasteiger partial charge in [-0.3, -0.25) is 4.79 Å². The van der Waals surface area contributed by atoms with Crippen molar-refractivity contribution in [2.24, 2.45) is 0 Å². The first-order valence-corrected chi connectivity index (χ1v) is 10.6. The lowest BCUT2D eigenvalue weighted by atomic mass is 9.83. The molecule has 3 rings (SSSR count). The largest absolute Gasteiger partial charge is 0.378 e. The molecule has 0 radical (unpaired) electrons. The maximum absolute atomic E-state index is 13.5. The van der Waals surface area contributed by atoms with Crippen LogP contribution < -0.4 is 10.2 Å². The number of Topliss-reactive ketones (excluding diaryl/α,β-unsaturated/α-hetero) is 1. The van der Waals surface area contributed by atoms with Crippen molar-refractivity contribution in [1.82, 2.24) is 5.32 Å². The van der Waals surface area contributed by atoms with E-state index in [4.69, 9.17) is 4.74 Å². The molecular formula is C25H32N2O2. The highest BCUT2D eigenvalue weighted by molar-refractivity contribution is 6.03. The van der Waals surface area contributed by atoms with Gasteiger partial charge in [0, 0.05) is 30.9 Å². The Morgan fingerprint density at radius 3 is 2.45 bits per heavy atom. The first kappa shape index (κ1) is 21.3. The van der Waals surface area contributed by atoms with E-state index in [1.54, 1.807) is 0 Å². The van der Waals surface area contributed by atoms with E-state index in [1.165, 1.54) is 5.56 Å². The fourth-order valence-electron chi connectivity index (χ4n) is 3.93. The van der Waals surface area contributed by atoms with Gasteiger partial charge in [0.15, 0.2) is 5.78 Å². The minimum absolute atomic E-state index is 0.140. The molecule has 0 spiro atoms. The molecule has 2 aromatic carbocycles. The molecule has 1 saturated heterocycles. The second kappa shape index (κ2) is 10.4. The molecule has 0 aromatic heterocycles. The first-order chi connectivity index (χ1) is 14.2. The highest BCUT2D eigenvalue weighted by Gasteiger charge is 2.35. The zero-order valence-corrected chi connectivity index (χ0v) is 17.4. The van der Waals surface area contributed by atoms with Crippen LogP contribution in [-0.2, 0) is 11.2 Å². The fraction of sp³-hybridized carbons (Fsp3) is 0.400. The maximum atomic E-state index is 13.5. The molecule has 1 aliphatic heterocycles. The summed E-state index contributed by atoms with van der Waals surface area (Å²) in [6.07, 6.45) is 4.07. The number of benzene rings is 2. The standard InChI is InChI=1S/C25H32N2O2/c1-3-15-25(4-2,26-16-14-21-8-6-5-7-9-21)24(28)22-10-12-23(13-11-22)27-17-19-29-20-18-27/h3,5-13,26H,1,4,14-20H2,2H3. The third-order valence-corrected chi connectivity index (χ3v) is 5.76. The predicted octanol–water partition coefficient (Wildman–Crippen LogP) is 4.26. The van der Waals surface area contributed by atoms with Crippen molar-refractivity contribution in [3.63, 3.8) is 0 Å². The number of hydrogen-bond donors (Lipinski definition) is 1. The Morgan fingerprint density at radius 1 is 1.14 bits per heavy atom. The normalized spacial score (nSPS) is 16.2. The van der Waals surface area contributed by atoms with Crippen LogP contribution in [0.4, 0.5) is 5.69 Å². The van der Waals surface area contributed by atoms with Gasteiger partial charge in [0.25, 0.3) is 0 Å². The number of ether oxygens (including phenoxy) is 1. The zero-order valence-electron chi connectivity index (χ0n) is 17.4. The summed E-state index contributed by atoms with van der Waals surface area (Å²) in [5.74, 6) is 0.140. The van der Waals surface area contributed by atoms with Crippen molar-refractivity contribution in [2.75, 3.05) is 37.7 Å². The Bertz CT molecular complexity index is 782. The number of ketones is 1. The van der Waals surface area contributed by atoms with Crippen LogP contribution in [-0.4, -0.2) is 44.2 Å². The van der Waals surface area contributed by atoms with Gasteiger partial charge in [0.1, 0.15) is 0 Å². The van der Waals surface area contributed by atoms with Gasteiger partial charge in [0.2, 0.25) is 0 Å². The van der Waals surface area contributed by atoms with Crippen molar-refractivity contribution < 1.29 is 9.53 Å². The van der Waals surface area contributed by atoms with Gasteiger partial charge in [-0.25, -0.2) is 0 Å². The SMILES string of the molecule is C=CCC(CC)(NCCc1ccccc1)C(=O)c1ccc(N2CCOCC2)cc1. The Labute approximate surface area is 174 Å². The van der Waals surface area contributed by atoms with Gasteiger partial charge in [-0.15, -0.1) is 6.58 Å². The first-order valence-electron chi connectivity index (χ1n) is 10.6. The van der Waals surface area contributed by atoms with Gasteiger partial charge in [-0.05, 0) is 49.1 Å². The Hall–Kier alpha value is -2.43. The van der Waals surface area contributed by atoms with Gasteiger partial charge in [-0.1, -0.05) is 43.3 Å². The number of carbonyl (C=O) groups excluding carboxylic acids is 1. The lowest BCUT2D eigenvalue weighted by Gasteiger charge is -2.32. The summed E-state index contributed by atoms with van der Waals surface area (Å²) in [6, 6.07) is 18.4. The van der Waals surface area contributed by atoms with Crippen molar-refractivity contribution >= 4 is 11.5 Å². The van der Waals surface area contributed by atoms with E-state index in [2.05, 4.69) is 48.0 Å². The minimum atomic E-state index is -0.614. The van der Waals surface area contributed by atoms with Crippen molar-refractivity contribution in [2.45, 2.75) is 31.7 Å². The highest BCUT2D eigenvalue weighted by Crippen LogP contribution is 2.25. The molecule has 1 heterocycles. The molecule has 0 bridgehead atoms. The van der Waals surface area contributed by atoms with E-state index in [9.17, 15) is 4.79 Å². The molecule has 0 amide bonds. The second-order valence-corrected chi connectivity index (χ2v) is 7.57. The van der Waals surface area contributed by atoms with Crippen LogP contribution in [0.3, 0.4) is 0 Å². The predicted molar refractivity (Wildman–Crippen MR) is 120 cm³/mol. The zero-order chi connectivity index (χ0) is 20.5. The molecule has 154 valence electrons. The molecule has 1 unspecified atom stereocenters. The molecule has 1 N–H and O–H groups in total. The van der Waals surface area contributed by atoms with Crippen LogP contribution in [0.15, 0.2) is 67.3 Å². The Kier molecular flexibility index (Phi) is 7.62. The molecule has 0 aliphatic carbocycles. The van der Waals surface area contributed by atoms with Crippen LogP contribution in [0.5, 0.6) is 0 Å². The number of hydrogen-bond acceptors (Lipinski definition) is 4. The quantitative estimate of drug-likeness (QED) is 0.484. The molecule has 1 aliphatic rings. The van der Waals surface area contributed by atoms with Crippen LogP contribution in [0, 0.1) is 0 Å². The summed E-state index contributed by atoms with van der Waals surface area (Å²) in [7, 11) is 0. The maximum Gasteiger partial charge on any atom is 0.183 e. The third-order valence-electron chi connectivity index (χ3n) is 5.76. The molecule has 1 atom stereocenters. The second-order valence-electron chi connectivity index (χ2n) is 7.57. The number of anilines is 1. The van der Waals surface area contributed by atoms with Gasteiger partial charge in [0.05, 0.1) is 18.8 Å². The number of rotatable bonds is 10. The number of morpholine rings is 1. The summed E-state index contributed by atoms with van der Waals surface area (Å²) in [5, 5.41) is 3.56. The van der Waals surface area contributed by atoms with Gasteiger partial charge in [-0.2, -0.15) is 0 Å². The minimum Gasteiger partial charge on any atom is -0.378 e. The van der Waals surface area contributed by atoms with E-state index in [-0.39, 0.29) is 5.78 Å². The highest BCUT2D eigenvalue weighted by atomic mass is 16.5. The van der Waals surface area contributed by atoms with Crippen LogP contribution in [0.1, 0.15) is 35.7 Å². The molecule has 29 heavy (non-hydrogen) atoms. The van der Waals surface area contributed by atoms with E-state index in [0.717, 1.165) is 56.9 Å². The lowest BCUT2D eigenvalue weighted by Crippen LogP contribution is -2.52. The number of nitrogens with one attached hydrogen (secondary N) is 1. The van der Waals surface area contributed by atoms with Crippen molar-refractivity contribution in [3.05, 3.63) is 78.4 Å². The monoisotopic (exact) mass is 392 g/mol. The summed E-state index contributed by atoms with van der Waals surface area (Å²) in [4.78, 5) is 15.8. The topological polar surface area (TPSA) is 41.6 Å². The van der Waals surface area contributed by atoms with Crippen molar-refractivity contribution in [3.8, 4) is 0 Å². The van der Waals surface area contributed by atoms with E-state index in [1.807, 2.05) is 36.4 Å². The van der Waals surface area contributed by atoms with Gasteiger partial charge >= 0.3 is 0 Å². The number of carbonyl (C=O) groups is 1. The molecule has 1 fully saturated rings. The average molecular weight is 393 g/mol. The third kappa shape index (κ3) is 5.34. The fourth-order valence-corrected chi connectivity index (χ4v) is 3.93. The summed E-state index contributed by atoms with van der Waals surface area (Å²) in [6.45, 7) is 10.0. The molecule has 4 heteroatoms. The molecule has 4 nitrogen and oxygen atoms in total. The van der Waals surface area contributed by atoms with E-state index < -0.39 is 5.54 Å². The van der Waals surface area contributed by atoms with Crippen LogP contribution in [0.2, 0.25) is 0 Å². The number of nitrogens with zero attached hydrogens (tertiary/aromatic N) is 1.